The van der Waals surface area contributed by atoms with Gasteiger partial charge in [0.2, 0.25) is 5.79 Å². The van der Waals surface area contributed by atoms with Gasteiger partial charge in [-0.2, -0.15) is 0 Å². The van der Waals surface area contributed by atoms with Crippen LogP contribution in [-0.4, -0.2) is 18.8 Å². The average molecular weight is 272 g/mol. The first kappa shape index (κ1) is 11.9. The van der Waals surface area contributed by atoms with Gasteiger partial charge in [0.15, 0.2) is 0 Å². The molecule has 0 bridgehead atoms. The molecule has 0 saturated carbocycles. The lowest BCUT2D eigenvalue weighted by Crippen LogP contribution is -2.36. The summed E-state index contributed by atoms with van der Waals surface area (Å²) in [6.07, 6.45) is 2.98. The van der Waals surface area contributed by atoms with Crippen LogP contribution in [0.2, 0.25) is 0 Å². The van der Waals surface area contributed by atoms with E-state index in [2.05, 4.69) is 0 Å². The number of rotatable bonds is 1. The van der Waals surface area contributed by atoms with Crippen LogP contribution in [0, 0.1) is 0 Å². The molecule has 1 fully saturated rings. The predicted molar refractivity (Wildman–Crippen MR) is 74.3 cm³/mol. The Morgan fingerprint density at radius 3 is 2.80 bits per heavy atom. The Morgan fingerprint density at radius 2 is 2.05 bits per heavy atom. The second-order valence-electron chi connectivity index (χ2n) is 5.31. The van der Waals surface area contributed by atoms with Crippen molar-refractivity contribution in [3.8, 4) is 17.2 Å². The van der Waals surface area contributed by atoms with Gasteiger partial charge in [0.05, 0.1) is 19.1 Å². The number of phenolic OH excluding ortho intramolecular Hbond substituents is 1. The van der Waals surface area contributed by atoms with Gasteiger partial charge in [-0.15, -0.1) is 0 Å². The maximum Gasteiger partial charge on any atom is 0.238 e. The standard InChI is InChI=1S/C16H16O4/c1-18-12-6-4-10-14-13(7-5-11(17)15(12)14)20-16(10)8-2-3-9-19-16/h4-7,17H,2-3,8-9H2,1H3/t16-/m1/s1. The zero-order valence-corrected chi connectivity index (χ0v) is 11.3. The number of hydrogen-bond donors (Lipinski definition) is 1. The molecule has 4 nitrogen and oxygen atoms in total. The fraction of sp³-hybridized carbons (Fsp3) is 0.375. The number of ether oxygens (including phenoxy) is 3. The van der Waals surface area contributed by atoms with E-state index in [9.17, 15) is 5.11 Å². The minimum atomic E-state index is -0.682. The number of hydrogen-bond acceptors (Lipinski definition) is 4. The average Bonchev–Trinajstić information content (AvgIpc) is 2.78. The number of benzene rings is 2. The molecular weight excluding hydrogens is 256 g/mol. The van der Waals surface area contributed by atoms with Gasteiger partial charge >= 0.3 is 0 Å². The van der Waals surface area contributed by atoms with Crippen molar-refractivity contribution in [3.05, 3.63) is 29.8 Å². The highest BCUT2D eigenvalue weighted by Crippen LogP contribution is 2.52. The maximum absolute atomic E-state index is 10.2. The van der Waals surface area contributed by atoms with Crippen molar-refractivity contribution in [1.29, 1.82) is 0 Å². The van der Waals surface area contributed by atoms with Gasteiger partial charge in [-0.1, -0.05) is 0 Å². The number of methoxy groups -OCH3 is 1. The highest BCUT2D eigenvalue weighted by atomic mass is 16.7. The van der Waals surface area contributed by atoms with Gasteiger partial charge in [0.25, 0.3) is 0 Å². The molecule has 0 unspecified atom stereocenters. The molecule has 4 rings (SSSR count). The van der Waals surface area contributed by atoms with Gasteiger partial charge in [0.1, 0.15) is 17.2 Å². The molecule has 104 valence electrons. The van der Waals surface area contributed by atoms with Gasteiger partial charge in [-0.05, 0) is 37.1 Å². The van der Waals surface area contributed by atoms with E-state index in [1.54, 1.807) is 19.2 Å². The Bertz CT molecular complexity index is 686. The summed E-state index contributed by atoms with van der Waals surface area (Å²) in [6, 6.07) is 7.30. The van der Waals surface area contributed by atoms with Crippen LogP contribution >= 0.6 is 0 Å². The summed E-state index contributed by atoms with van der Waals surface area (Å²) in [5, 5.41) is 11.8. The lowest BCUT2D eigenvalue weighted by Gasteiger charge is -2.33. The van der Waals surface area contributed by atoms with Crippen LogP contribution in [-0.2, 0) is 10.5 Å². The van der Waals surface area contributed by atoms with Crippen LogP contribution in [0.5, 0.6) is 17.2 Å². The summed E-state index contributed by atoms with van der Waals surface area (Å²) in [4.78, 5) is 0. The van der Waals surface area contributed by atoms with Crippen LogP contribution in [0.1, 0.15) is 24.8 Å². The van der Waals surface area contributed by atoms with E-state index in [4.69, 9.17) is 14.2 Å². The molecule has 2 aromatic carbocycles. The summed E-state index contributed by atoms with van der Waals surface area (Å²) in [5.41, 5.74) is 0.999. The Balaban J connectivity index is 2.03. The largest absolute Gasteiger partial charge is 0.507 e. The summed E-state index contributed by atoms with van der Waals surface area (Å²) in [7, 11) is 1.60. The van der Waals surface area contributed by atoms with Crippen molar-refractivity contribution in [2.75, 3.05) is 13.7 Å². The summed E-state index contributed by atoms with van der Waals surface area (Å²) < 4.78 is 17.5. The summed E-state index contributed by atoms with van der Waals surface area (Å²) in [6.45, 7) is 0.702. The second kappa shape index (κ2) is 4.03. The zero-order valence-electron chi connectivity index (χ0n) is 11.3. The van der Waals surface area contributed by atoms with Gasteiger partial charge in [-0.25, -0.2) is 0 Å². The predicted octanol–water partition coefficient (Wildman–Crippen LogP) is 3.30. The minimum absolute atomic E-state index is 0.207. The van der Waals surface area contributed by atoms with Crippen molar-refractivity contribution in [1.82, 2.24) is 0 Å². The Kier molecular flexibility index (Phi) is 2.39. The molecular formula is C16H16O4. The van der Waals surface area contributed by atoms with Gasteiger partial charge in [0, 0.05) is 17.4 Å². The molecule has 2 heterocycles. The molecule has 1 atom stereocenters. The Hall–Kier alpha value is -1.94. The molecule has 1 saturated heterocycles. The highest BCUT2D eigenvalue weighted by molar-refractivity contribution is 6.01. The zero-order chi connectivity index (χ0) is 13.7. The molecule has 2 aliphatic rings. The van der Waals surface area contributed by atoms with Gasteiger partial charge in [-0.3, -0.25) is 0 Å². The normalized spacial score (nSPS) is 24.1. The number of phenols is 1. The Labute approximate surface area is 116 Å². The first-order chi connectivity index (χ1) is 9.75. The SMILES string of the molecule is COc1ccc2c3c(ccc(O)c13)O[C@]21CCCCO1. The van der Waals surface area contributed by atoms with Crippen molar-refractivity contribution in [2.45, 2.75) is 25.0 Å². The van der Waals surface area contributed by atoms with Crippen LogP contribution in [0.3, 0.4) is 0 Å². The number of fused-ring (bicyclic) bond motifs is 1. The van der Waals surface area contributed by atoms with Crippen molar-refractivity contribution in [2.24, 2.45) is 0 Å². The van der Waals surface area contributed by atoms with Crippen molar-refractivity contribution in [3.63, 3.8) is 0 Å². The lowest BCUT2D eigenvalue weighted by molar-refractivity contribution is -0.207. The second-order valence-corrected chi connectivity index (χ2v) is 5.31. The maximum atomic E-state index is 10.2. The molecule has 0 aliphatic carbocycles. The van der Waals surface area contributed by atoms with Crippen LogP contribution in [0.15, 0.2) is 24.3 Å². The molecule has 4 heteroatoms. The van der Waals surface area contributed by atoms with E-state index < -0.39 is 5.79 Å². The molecule has 2 aromatic rings. The molecule has 1 spiro atoms. The van der Waals surface area contributed by atoms with Crippen molar-refractivity contribution >= 4 is 10.8 Å². The quantitative estimate of drug-likeness (QED) is 0.865. The third-order valence-electron chi connectivity index (χ3n) is 4.20. The molecule has 1 N–H and O–H groups in total. The van der Waals surface area contributed by atoms with E-state index in [1.165, 1.54) is 0 Å². The van der Waals surface area contributed by atoms with E-state index in [0.717, 1.165) is 36.0 Å². The molecule has 0 radical (unpaired) electrons. The first-order valence-corrected chi connectivity index (χ1v) is 6.91. The third-order valence-corrected chi connectivity index (χ3v) is 4.20. The lowest BCUT2D eigenvalue weighted by atomic mass is 9.94. The van der Waals surface area contributed by atoms with Crippen LogP contribution in [0.4, 0.5) is 0 Å². The molecule has 20 heavy (non-hydrogen) atoms. The van der Waals surface area contributed by atoms with E-state index in [0.29, 0.717) is 17.7 Å². The number of aromatic hydroxyl groups is 1. The topological polar surface area (TPSA) is 47.9 Å². The summed E-state index contributed by atoms with van der Waals surface area (Å²) in [5.74, 6) is 0.936. The summed E-state index contributed by atoms with van der Waals surface area (Å²) >= 11 is 0. The monoisotopic (exact) mass is 272 g/mol. The van der Waals surface area contributed by atoms with E-state index in [-0.39, 0.29) is 5.75 Å². The van der Waals surface area contributed by atoms with E-state index >= 15 is 0 Å². The third kappa shape index (κ3) is 1.40. The Morgan fingerprint density at radius 1 is 1.15 bits per heavy atom. The molecule has 0 aromatic heterocycles. The smallest absolute Gasteiger partial charge is 0.238 e. The highest BCUT2D eigenvalue weighted by Gasteiger charge is 2.45. The van der Waals surface area contributed by atoms with E-state index in [1.807, 2.05) is 12.1 Å². The van der Waals surface area contributed by atoms with Gasteiger partial charge < -0.3 is 19.3 Å². The fourth-order valence-electron chi connectivity index (χ4n) is 3.28. The first-order valence-electron chi connectivity index (χ1n) is 6.91. The fourth-order valence-corrected chi connectivity index (χ4v) is 3.28. The minimum Gasteiger partial charge on any atom is -0.507 e. The van der Waals surface area contributed by atoms with Crippen LogP contribution in [0.25, 0.3) is 10.8 Å². The van der Waals surface area contributed by atoms with Crippen molar-refractivity contribution < 1.29 is 19.3 Å². The molecule has 2 aliphatic heterocycles. The molecule has 0 amide bonds. The van der Waals surface area contributed by atoms with Crippen LogP contribution < -0.4 is 9.47 Å².